The zero-order valence-electron chi connectivity index (χ0n) is 22.6. The Hall–Kier alpha value is -4.48. The zero-order chi connectivity index (χ0) is 28.7. The number of pyridine rings is 1. The van der Waals surface area contributed by atoms with Gasteiger partial charge in [-0.15, -0.1) is 16.4 Å². The molecule has 5 aromatic rings. The van der Waals surface area contributed by atoms with E-state index in [1.54, 1.807) is 52.4 Å². The van der Waals surface area contributed by atoms with Crippen LogP contribution >= 0.6 is 11.3 Å². The predicted molar refractivity (Wildman–Crippen MR) is 157 cm³/mol. The molecule has 0 saturated carbocycles. The fourth-order valence-electron chi connectivity index (χ4n) is 5.21. The molecule has 0 unspecified atom stereocenters. The average Bonchev–Trinajstić information content (AvgIpc) is 3.57. The number of amides is 2. The fourth-order valence-corrected chi connectivity index (χ4v) is 6.26. The van der Waals surface area contributed by atoms with Crippen LogP contribution in [0, 0.1) is 12.7 Å². The van der Waals surface area contributed by atoms with Gasteiger partial charge in [-0.05, 0) is 68.3 Å². The number of aromatic nitrogens is 4. The highest BCUT2D eigenvalue weighted by molar-refractivity contribution is 7.22. The summed E-state index contributed by atoms with van der Waals surface area (Å²) in [6.07, 6.45) is 3.33. The Morgan fingerprint density at radius 1 is 1.12 bits per heavy atom. The Bertz CT molecular complexity index is 1770. The molecular weight excluding hydrogens is 541 g/mol. The lowest BCUT2D eigenvalue weighted by Crippen LogP contribution is -2.49. The third kappa shape index (κ3) is 4.98. The molecule has 4 heterocycles. The molecule has 2 aromatic carbocycles. The third-order valence-corrected chi connectivity index (χ3v) is 8.69. The normalized spacial score (nSPS) is 15.2. The van der Waals surface area contributed by atoms with Gasteiger partial charge in [-0.25, -0.2) is 9.37 Å². The summed E-state index contributed by atoms with van der Waals surface area (Å²) in [5.41, 5.74) is 8.64. The van der Waals surface area contributed by atoms with E-state index in [-0.39, 0.29) is 11.6 Å². The number of halogens is 1. The Morgan fingerprint density at radius 2 is 1.90 bits per heavy atom. The first kappa shape index (κ1) is 26.7. The van der Waals surface area contributed by atoms with Crippen LogP contribution in [0.25, 0.3) is 31.8 Å². The van der Waals surface area contributed by atoms with Crippen LogP contribution in [0.15, 0.2) is 60.8 Å². The van der Waals surface area contributed by atoms with E-state index < -0.39 is 17.6 Å². The smallest absolute Gasteiger partial charge is 0.262 e. The number of nitrogens with zero attached hydrogens (tertiary/aromatic N) is 5. The molecule has 208 valence electrons. The van der Waals surface area contributed by atoms with Crippen LogP contribution in [0.1, 0.15) is 39.3 Å². The standard InChI is InChI=1S/C30H28FN7O2S/c1-17-27(35-36-37(17)2)20-9-10-22(24(31)14-20)30(40)38(21-4-3-12-33-16-21)29-23-15-26(41-25(23)11-13-34-29)18-5-7-19(8-6-18)28(32)39/h5-11,13-15,21,33H,3-4,12,16H2,1-2H3,(H2,32,39)/t21-/m1/s1. The van der Waals surface area contributed by atoms with Gasteiger partial charge in [0.15, 0.2) is 0 Å². The average molecular weight is 570 g/mol. The van der Waals surface area contributed by atoms with Crippen LogP contribution < -0.4 is 16.0 Å². The maximum absolute atomic E-state index is 15.6. The number of carbonyl (C=O) groups excluding carboxylic acids is 2. The molecule has 2 amide bonds. The summed E-state index contributed by atoms with van der Waals surface area (Å²) in [4.78, 5) is 32.9. The van der Waals surface area contributed by atoms with E-state index in [2.05, 4.69) is 20.6 Å². The quantitative estimate of drug-likeness (QED) is 0.306. The molecule has 6 rings (SSSR count). The molecule has 0 spiro atoms. The Morgan fingerprint density at radius 3 is 2.56 bits per heavy atom. The second-order valence-electron chi connectivity index (χ2n) is 10.1. The highest BCUT2D eigenvalue weighted by Crippen LogP contribution is 2.39. The van der Waals surface area contributed by atoms with Crippen molar-refractivity contribution in [1.29, 1.82) is 0 Å². The highest BCUT2D eigenvalue weighted by Gasteiger charge is 2.32. The number of nitrogens with two attached hydrogens (primary N) is 1. The number of rotatable bonds is 6. The van der Waals surface area contributed by atoms with Crippen LogP contribution in [0.2, 0.25) is 0 Å². The van der Waals surface area contributed by atoms with Gasteiger partial charge in [0, 0.05) is 45.9 Å². The Labute approximate surface area is 239 Å². The highest BCUT2D eigenvalue weighted by atomic mass is 32.1. The summed E-state index contributed by atoms with van der Waals surface area (Å²) < 4.78 is 18.2. The molecule has 1 fully saturated rings. The van der Waals surface area contributed by atoms with Crippen LogP contribution in [0.5, 0.6) is 0 Å². The minimum absolute atomic E-state index is 0.0304. The largest absolute Gasteiger partial charge is 0.366 e. The number of hydrogen-bond acceptors (Lipinski definition) is 7. The summed E-state index contributed by atoms with van der Waals surface area (Å²) in [6.45, 7) is 3.30. The SMILES string of the molecule is Cc1c(-c2ccc(C(=O)N(c3nccc4sc(-c5ccc(C(N)=O)cc5)cc34)[C@@H]3CCCNC3)c(F)c2)nnn1C. The first-order chi connectivity index (χ1) is 19.8. The van der Waals surface area contributed by atoms with Crippen molar-refractivity contribution in [3.8, 4) is 21.7 Å². The van der Waals surface area contributed by atoms with Gasteiger partial charge in [-0.3, -0.25) is 19.2 Å². The van der Waals surface area contributed by atoms with Crippen molar-refractivity contribution in [3.63, 3.8) is 0 Å². The first-order valence-corrected chi connectivity index (χ1v) is 14.1. The van der Waals surface area contributed by atoms with E-state index in [0.29, 0.717) is 29.2 Å². The van der Waals surface area contributed by atoms with Crippen molar-refractivity contribution in [2.24, 2.45) is 12.8 Å². The number of benzene rings is 2. The van der Waals surface area contributed by atoms with Gasteiger partial charge < -0.3 is 11.1 Å². The number of thiophene rings is 1. The van der Waals surface area contributed by atoms with Gasteiger partial charge in [0.05, 0.1) is 17.3 Å². The minimum atomic E-state index is -0.626. The van der Waals surface area contributed by atoms with Crippen molar-refractivity contribution < 1.29 is 14.0 Å². The Kier molecular flexibility index (Phi) is 7.06. The lowest BCUT2D eigenvalue weighted by Gasteiger charge is -2.34. The van der Waals surface area contributed by atoms with E-state index in [9.17, 15) is 9.59 Å². The number of carbonyl (C=O) groups is 2. The monoisotopic (exact) mass is 569 g/mol. The molecule has 0 aliphatic carbocycles. The van der Waals surface area contributed by atoms with E-state index in [1.807, 2.05) is 31.2 Å². The molecule has 3 N–H and O–H groups in total. The van der Waals surface area contributed by atoms with Crippen molar-refractivity contribution in [2.45, 2.75) is 25.8 Å². The van der Waals surface area contributed by atoms with Gasteiger partial charge in [0.1, 0.15) is 17.3 Å². The molecule has 1 aliphatic heterocycles. The summed E-state index contributed by atoms with van der Waals surface area (Å²) in [7, 11) is 1.77. The van der Waals surface area contributed by atoms with E-state index in [0.717, 1.165) is 45.6 Å². The summed E-state index contributed by atoms with van der Waals surface area (Å²) in [5.74, 6) is -1.07. The zero-order valence-corrected chi connectivity index (χ0v) is 23.4. The minimum Gasteiger partial charge on any atom is -0.366 e. The molecular formula is C30H28FN7O2S. The molecule has 1 aliphatic rings. The summed E-state index contributed by atoms with van der Waals surface area (Å²) >= 11 is 1.56. The van der Waals surface area contributed by atoms with E-state index >= 15 is 4.39 Å². The molecule has 9 nitrogen and oxygen atoms in total. The molecule has 1 atom stereocenters. The predicted octanol–water partition coefficient (Wildman–Crippen LogP) is 4.70. The number of anilines is 1. The summed E-state index contributed by atoms with van der Waals surface area (Å²) in [6, 6.07) is 15.4. The van der Waals surface area contributed by atoms with Gasteiger partial charge in [-0.2, -0.15) is 0 Å². The number of primary amides is 1. The van der Waals surface area contributed by atoms with E-state index in [1.165, 1.54) is 12.1 Å². The molecule has 0 bridgehead atoms. The number of fused-ring (bicyclic) bond motifs is 1. The second kappa shape index (κ2) is 10.8. The maximum atomic E-state index is 15.6. The van der Waals surface area contributed by atoms with Crippen LogP contribution in [-0.4, -0.2) is 50.9 Å². The lowest BCUT2D eigenvalue weighted by molar-refractivity contribution is 0.0966. The molecule has 11 heteroatoms. The topological polar surface area (TPSA) is 119 Å². The van der Waals surface area contributed by atoms with E-state index in [4.69, 9.17) is 5.73 Å². The second-order valence-corrected chi connectivity index (χ2v) is 11.2. The summed E-state index contributed by atoms with van der Waals surface area (Å²) in [5, 5.41) is 12.3. The van der Waals surface area contributed by atoms with Crippen LogP contribution in [0.3, 0.4) is 0 Å². The van der Waals surface area contributed by atoms with Gasteiger partial charge in [0.2, 0.25) is 5.91 Å². The third-order valence-electron chi connectivity index (χ3n) is 7.54. The first-order valence-electron chi connectivity index (χ1n) is 13.3. The van der Waals surface area contributed by atoms with Crippen LogP contribution in [0.4, 0.5) is 10.2 Å². The number of nitrogens with one attached hydrogen (secondary N) is 1. The van der Waals surface area contributed by atoms with Gasteiger partial charge in [-0.1, -0.05) is 23.4 Å². The molecule has 3 aromatic heterocycles. The Balaban J connectivity index is 1.41. The van der Waals surface area contributed by atoms with Crippen LogP contribution in [-0.2, 0) is 7.05 Å². The lowest BCUT2D eigenvalue weighted by atomic mass is 10.0. The number of hydrogen-bond donors (Lipinski definition) is 2. The maximum Gasteiger partial charge on any atom is 0.262 e. The van der Waals surface area contributed by atoms with Crippen molar-refractivity contribution in [2.75, 3.05) is 18.0 Å². The fraction of sp³-hybridized carbons (Fsp3) is 0.233. The number of piperidine rings is 1. The van der Waals surface area contributed by atoms with Crippen molar-refractivity contribution >= 4 is 39.1 Å². The van der Waals surface area contributed by atoms with Gasteiger partial charge in [0.25, 0.3) is 5.91 Å². The molecule has 41 heavy (non-hydrogen) atoms. The molecule has 0 radical (unpaired) electrons. The van der Waals surface area contributed by atoms with Crippen molar-refractivity contribution in [1.82, 2.24) is 25.3 Å². The molecule has 1 saturated heterocycles. The van der Waals surface area contributed by atoms with Crippen molar-refractivity contribution in [3.05, 3.63) is 83.4 Å². The van der Waals surface area contributed by atoms with Gasteiger partial charge >= 0.3 is 0 Å². The number of aryl methyl sites for hydroxylation is 1.